The molecule has 1 aliphatic rings. The average Bonchev–Trinajstić information content (AvgIpc) is 3.05. The third kappa shape index (κ3) is 2.71. The highest BCUT2D eigenvalue weighted by Gasteiger charge is 2.20. The molecule has 0 radical (unpaired) electrons. The van der Waals surface area contributed by atoms with E-state index in [2.05, 4.69) is 5.32 Å². The maximum atomic E-state index is 13.3. The Kier molecular flexibility index (Phi) is 3.15. The summed E-state index contributed by atoms with van der Waals surface area (Å²) in [6.07, 6.45) is 2.54. The van der Waals surface area contributed by atoms with E-state index in [0.29, 0.717) is 6.04 Å². The van der Waals surface area contributed by atoms with Gasteiger partial charge in [0.15, 0.2) is 0 Å². The van der Waals surface area contributed by atoms with Crippen LogP contribution in [0.25, 0.3) is 11.3 Å². The molecule has 0 aliphatic heterocycles. The van der Waals surface area contributed by atoms with E-state index < -0.39 is 0 Å². The molecule has 19 heavy (non-hydrogen) atoms. The zero-order valence-corrected chi connectivity index (χ0v) is 11.3. The van der Waals surface area contributed by atoms with Gasteiger partial charge in [-0.05, 0) is 62.1 Å². The summed E-state index contributed by atoms with van der Waals surface area (Å²) in [6, 6.07) is 7.73. The maximum absolute atomic E-state index is 13.3. The standard InChI is InChI=1S/C16H18FNO/c1-10-7-12(17)8-11(2)16(10)15-6-5-14(19-15)9-18-13-3-4-13/h5-8,13,18H,3-4,9H2,1-2H3. The molecule has 0 saturated heterocycles. The van der Waals surface area contributed by atoms with Crippen LogP contribution in [0.2, 0.25) is 0 Å². The molecule has 1 fully saturated rings. The quantitative estimate of drug-likeness (QED) is 0.899. The van der Waals surface area contributed by atoms with Gasteiger partial charge in [0, 0.05) is 11.6 Å². The Morgan fingerprint density at radius 2 is 1.89 bits per heavy atom. The number of nitrogens with one attached hydrogen (secondary N) is 1. The van der Waals surface area contributed by atoms with Crippen LogP contribution < -0.4 is 5.32 Å². The van der Waals surface area contributed by atoms with Crippen molar-refractivity contribution in [3.63, 3.8) is 0 Å². The van der Waals surface area contributed by atoms with Gasteiger partial charge in [-0.1, -0.05) is 0 Å². The summed E-state index contributed by atoms with van der Waals surface area (Å²) in [5, 5.41) is 3.42. The third-order valence-electron chi connectivity index (χ3n) is 3.55. The SMILES string of the molecule is Cc1cc(F)cc(C)c1-c1ccc(CNC2CC2)o1. The molecule has 0 atom stereocenters. The first kappa shape index (κ1) is 12.4. The predicted molar refractivity (Wildman–Crippen MR) is 73.4 cm³/mol. The monoisotopic (exact) mass is 259 g/mol. The number of aryl methyl sites for hydroxylation is 2. The van der Waals surface area contributed by atoms with Crippen molar-refractivity contribution in [3.8, 4) is 11.3 Å². The van der Waals surface area contributed by atoms with Crippen LogP contribution >= 0.6 is 0 Å². The van der Waals surface area contributed by atoms with E-state index in [-0.39, 0.29) is 5.82 Å². The molecule has 0 amide bonds. The van der Waals surface area contributed by atoms with E-state index in [9.17, 15) is 4.39 Å². The van der Waals surface area contributed by atoms with Gasteiger partial charge in [-0.2, -0.15) is 0 Å². The van der Waals surface area contributed by atoms with Crippen LogP contribution in [0, 0.1) is 19.7 Å². The molecular formula is C16H18FNO. The van der Waals surface area contributed by atoms with Crippen molar-refractivity contribution in [2.45, 2.75) is 39.3 Å². The minimum atomic E-state index is -0.194. The van der Waals surface area contributed by atoms with E-state index in [1.807, 2.05) is 26.0 Å². The molecule has 3 heteroatoms. The molecule has 1 aromatic carbocycles. The second-order valence-corrected chi connectivity index (χ2v) is 5.34. The lowest BCUT2D eigenvalue weighted by Crippen LogP contribution is -2.14. The predicted octanol–water partition coefficient (Wildman–Crippen LogP) is 3.95. The number of benzene rings is 1. The summed E-state index contributed by atoms with van der Waals surface area (Å²) in [5.74, 6) is 1.56. The van der Waals surface area contributed by atoms with Crippen LogP contribution in [-0.4, -0.2) is 6.04 Å². The first-order chi connectivity index (χ1) is 9.13. The number of furan rings is 1. The summed E-state index contributed by atoms with van der Waals surface area (Å²) in [5.41, 5.74) is 2.82. The molecule has 0 spiro atoms. The first-order valence-corrected chi connectivity index (χ1v) is 6.72. The molecule has 2 nitrogen and oxygen atoms in total. The van der Waals surface area contributed by atoms with Crippen molar-refractivity contribution in [3.05, 3.63) is 47.0 Å². The van der Waals surface area contributed by atoms with Crippen LogP contribution in [0.5, 0.6) is 0 Å². The zero-order chi connectivity index (χ0) is 13.4. The first-order valence-electron chi connectivity index (χ1n) is 6.72. The van der Waals surface area contributed by atoms with Crippen LogP contribution in [-0.2, 0) is 6.54 Å². The number of hydrogen-bond acceptors (Lipinski definition) is 2. The van der Waals surface area contributed by atoms with Crippen LogP contribution in [0.4, 0.5) is 4.39 Å². The van der Waals surface area contributed by atoms with E-state index in [4.69, 9.17) is 4.42 Å². The molecule has 0 unspecified atom stereocenters. The molecule has 1 aliphatic carbocycles. The largest absolute Gasteiger partial charge is 0.460 e. The fourth-order valence-corrected chi connectivity index (χ4v) is 2.44. The van der Waals surface area contributed by atoms with Gasteiger partial charge in [-0.3, -0.25) is 0 Å². The van der Waals surface area contributed by atoms with Crippen LogP contribution in [0.1, 0.15) is 29.7 Å². The minimum absolute atomic E-state index is 0.194. The molecule has 1 N–H and O–H groups in total. The van der Waals surface area contributed by atoms with Crippen LogP contribution in [0.3, 0.4) is 0 Å². The lowest BCUT2D eigenvalue weighted by Gasteiger charge is -2.07. The topological polar surface area (TPSA) is 25.2 Å². The van der Waals surface area contributed by atoms with E-state index in [1.165, 1.54) is 12.8 Å². The Morgan fingerprint density at radius 3 is 2.53 bits per heavy atom. The van der Waals surface area contributed by atoms with E-state index in [1.54, 1.807) is 12.1 Å². The van der Waals surface area contributed by atoms with Gasteiger partial charge < -0.3 is 9.73 Å². The van der Waals surface area contributed by atoms with Gasteiger partial charge in [0.25, 0.3) is 0 Å². The Morgan fingerprint density at radius 1 is 1.21 bits per heavy atom. The lowest BCUT2D eigenvalue weighted by atomic mass is 10.0. The third-order valence-corrected chi connectivity index (χ3v) is 3.55. The van der Waals surface area contributed by atoms with Gasteiger partial charge in [0.1, 0.15) is 17.3 Å². The van der Waals surface area contributed by atoms with Gasteiger partial charge >= 0.3 is 0 Å². The molecule has 1 saturated carbocycles. The van der Waals surface area contributed by atoms with Gasteiger partial charge in [-0.25, -0.2) is 4.39 Å². The Bertz CT molecular complexity index is 576. The number of halogens is 1. The lowest BCUT2D eigenvalue weighted by molar-refractivity contribution is 0.492. The van der Waals surface area contributed by atoms with Crippen molar-refractivity contribution in [2.24, 2.45) is 0 Å². The Balaban J connectivity index is 1.85. The molecular weight excluding hydrogens is 241 g/mol. The van der Waals surface area contributed by atoms with Crippen LogP contribution in [0.15, 0.2) is 28.7 Å². The highest BCUT2D eigenvalue weighted by atomic mass is 19.1. The fourth-order valence-electron chi connectivity index (χ4n) is 2.44. The smallest absolute Gasteiger partial charge is 0.134 e. The second-order valence-electron chi connectivity index (χ2n) is 5.34. The molecule has 100 valence electrons. The van der Waals surface area contributed by atoms with E-state index in [0.717, 1.165) is 34.8 Å². The molecule has 3 rings (SSSR count). The Labute approximate surface area is 112 Å². The summed E-state index contributed by atoms with van der Waals surface area (Å²) in [7, 11) is 0. The van der Waals surface area contributed by atoms with Gasteiger partial charge in [-0.15, -0.1) is 0 Å². The van der Waals surface area contributed by atoms with Crippen molar-refractivity contribution < 1.29 is 8.81 Å². The van der Waals surface area contributed by atoms with Crippen molar-refractivity contribution >= 4 is 0 Å². The molecule has 0 bridgehead atoms. The summed E-state index contributed by atoms with van der Waals surface area (Å²) < 4.78 is 19.2. The zero-order valence-electron chi connectivity index (χ0n) is 11.3. The highest BCUT2D eigenvalue weighted by molar-refractivity contribution is 5.66. The van der Waals surface area contributed by atoms with Crippen molar-refractivity contribution in [1.82, 2.24) is 5.32 Å². The normalized spacial score (nSPS) is 14.9. The molecule has 1 aromatic heterocycles. The van der Waals surface area contributed by atoms with Crippen molar-refractivity contribution in [1.29, 1.82) is 0 Å². The molecule has 2 aromatic rings. The van der Waals surface area contributed by atoms with Gasteiger partial charge in [0.05, 0.1) is 6.54 Å². The maximum Gasteiger partial charge on any atom is 0.134 e. The summed E-state index contributed by atoms with van der Waals surface area (Å²) in [4.78, 5) is 0. The molecule has 1 heterocycles. The number of hydrogen-bond donors (Lipinski definition) is 1. The summed E-state index contributed by atoms with van der Waals surface area (Å²) >= 11 is 0. The van der Waals surface area contributed by atoms with E-state index >= 15 is 0 Å². The van der Waals surface area contributed by atoms with Gasteiger partial charge in [0.2, 0.25) is 0 Å². The second kappa shape index (κ2) is 4.82. The number of rotatable bonds is 4. The van der Waals surface area contributed by atoms with Crippen molar-refractivity contribution in [2.75, 3.05) is 0 Å². The minimum Gasteiger partial charge on any atom is -0.460 e. The fraction of sp³-hybridized carbons (Fsp3) is 0.375. The highest BCUT2D eigenvalue weighted by Crippen LogP contribution is 2.30. The average molecular weight is 259 g/mol. The Hall–Kier alpha value is -1.61. The summed E-state index contributed by atoms with van der Waals surface area (Å²) in [6.45, 7) is 4.59.